The fourth-order valence-electron chi connectivity index (χ4n) is 3.00. The Morgan fingerprint density at radius 2 is 2.04 bits per heavy atom. The number of piperidine rings is 1. The lowest BCUT2D eigenvalue weighted by atomic mass is 9.85. The van der Waals surface area contributed by atoms with Crippen molar-refractivity contribution >= 4 is 18.3 Å². The molecule has 2 unspecified atom stereocenters. The zero-order chi connectivity index (χ0) is 15.9. The van der Waals surface area contributed by atoms with E-state index in [1.54, 1.807) is 0 Å². The van der Waals surface area contributed by atoms with Crippen molar-refractivity contribution in [3.63, 3.8) is 0 Å². The third-order valence-corrected chi connectivity index (χ3v) is 4.31. The second-order valence-electron chi connectivity index (χ2n) is 6.17. The summed E-state index contributed by atoms with van der Waals surface area (Å²) in [6.07, 6.45) is 3.27. The van der Waals surface area contributed by atoms with Gasteiger partial charge in [0.2, 0.25) is 5.91 Å². The monoisotopic (exact) mass is 346 g/mol. The number of hydrogen-bond acceptors (Lipinski definition) is 2. The number of benzene rings is 1. The summed E-state index contributed by atoms with van der Waals surface area (Å²) >= 11 is 0. The van der Waals surface area contributed by atoms with Gasteiger partial charge in [0.25, 0.3) is 0 Å². The van der Waals surface area contributed by atoms with Crippen LogP contribution in [0.1, 0.15) is 31.7 Å². The van der Waals surface area contributed by atoms with Crippen molar-refractivity contribution in [1.82, 2.24) is 10.6 Å². The molecule has 1 heterocycles. The molecular weight excluding hydrogens is 322 g/mol. The summed E-state index contributed by atoms with van der Waals surface area (Å²) in [5, 5.41) is 6.20. The van der Waals surface area contributed by atoms with Crippen molar-refractivity contribution < 1.29 is 13.6 Å². The molecule has 2 atom stereocenters. The molecule has 1 aromatic carbocycles. The summed E-state index contributed by atoms with van der Waals surface area (Å²) in [5.74, 6) is -0.259. The molecule has 2 N–H and O–H groups in total. The fraction of sp³-hybridized carbons (Fsp3) is 0.588. The van der Waals surface area contributed by atoms with Gasteiger partial charge in [0.1, 0.15) is 11.6 Å². The number of carbonyl (C=O) groups excluding carboxylic acids is 1. The Labute approximate surface area is 142 Å². The van der Waals surface area contributed by atoms with Crippen LogP contribution in [-0.2, 0) is 11.2 Å². The first-order chi connectivity index (χ1) is 10.5. The molecule has 0 aromatic heterocycles. The summed E-state index contributed by atoms with van der Waals surface area (Å²) in [6, 6.07) is 3.44. The SMILES string of the molecule is CC(CC(=O)NCCc1cc(F)cc(F)c1)C1CCCNC1.Cl. The lowest BCUT2D eigenvalue weighted by Crippen LogP contribution is -2.36. The van der Waals surface area contributed by atoms with Gasteiger partial charge in [-0.25, -0.2) is 8.78 Å². The minimum Gasteiger partial charge on any atom is -0.356 e. The first kappa shape index (κ1) is 19.8. The van der Waals surface area contributed by atoms with Crippen LogP contribution in [0.5, 0.6) is 0 Å². The lowest BCUT2D eigenvalue weighted by Gasteiger charge is -2.28. The van der Waals surface area contributed by atoms with E-state index in [1.165, 1.54) is 25.0 Å². The molecule has 23 heavy (non-hydrogen) atoms. The molecule has 0 saturated carbocycles. The van der Waals surface area contributed by atoms with Gasteiger partial charge >= 0.3 is 0 Å². The Morgan fingerprint density at radius 3 is 2.65 bits per heavy atom. The first-order valence-electron chi connectivity index (χ1n) is 7.97. The van der Waals surface area contributed by atoms with Gasteiger partial charge in [0.05, 0.1) is 0 Å². The Bertz CT molecular complexity index is 487. The summed E-state index contributed by atoms with van der Waals surface area (Å²) in [7, 11) is 0. The van der Waals surface area contributed by atoms with Gasteiger partial charge in [0.15, 0.2) is 0 Å². The molecule has 130 valence electrons. The normalized spacial score (nSPS) is 18.8. The number of nitrogens with one attached hydrogen (secondary N) is 2. The van der Waals surface area contributed by atoms with Crippen LogP contribution in [0.4, 0.5) is 8.78 Å². The Kier molecular flexibility index (Phi) is 8.48. The zero-order valence-electron chi connectivity index (χ0n) is 13.4. The molecular formula is C17H25ClF2N2O. The van der Waals surface area contributed by atoms with Gasteiger partial charge in [-0.15, -0.1) is 12.4 Å². The summed E-state index contributed by atoms with van der Waals surface area (Å²) in [5.41, 5.74) is 0.558. The average molecular weight is 347 g/mol. The predicted octanol–water partition coefficient (Wildman–Crippen LogP) is 3.07. The van der Waals surface area contributed by atoms with Gasteiger partial charge in [-0.05, 0) is 61.9 Å². The van der Waals surface area contributed by atoms with E-state index < -0.39 is 11.6 Å². The summed E-state index contributed by atoms with van der Waals surface area (Å²) in [4.78, 5) is 11.9. The van der Waals surface area contributed by atoms with E-state index in [1.807, 2.05) is 0 Å². The maximum atomic E-state index is 13.1. The highest BCUT2D eigenvalue weighted by Gasteiger charge is 2.21. The highest BCUT2D eigenvalue weighted by molar-refractivity contribution is 5.85. The second-order valence-corrected chi connectivity index (χ2v) is 6.17. The number of halogens is 3. The highest BCUT2D eigenvalue weighted by Crippen LogP contribution is 2.22. The summed E-state index contributed by atoms with van der Waals surface area (Å²) < 4.78 is 26.1. The van der Waals surface area contributed by atoms with Crippen molar-refractivity contribution in [2.24, 2.45) is 11.8 Å². The second kappa shape index (κ2) is 9.83. The van der Waals surface area contributed by atoms with Crippen molar-refractivity contribution in [1.29, 1.82) is 0 Å². The van der Waals surface area contributed by atoms with Gasteiger partial charge in [-0.1, -0.05) is 6.92 Å². The van der Waals surface area contributed by atoms with Crippen LogP contribution in [0.3, 0.4) is 0 Å². The Morgan fingerprint density at radius 1 is 1.35 bits per heavy atom. The third-order valence-electron chi connectivity index (χ3n) is 4.31. The van der Waals surface area contributed by atoms with Crippen molar-refractivity contribution in [3.05, 3.63) is 35.4 Å². The maximum absolute atomic E-state index is 13.1. The Hall–Kier alpha value is -1.20. The van der Waals surface area contributed by atoms with Gasteiger partial charge < -0.3 is 10.6 Å². The van der Waals surface area contributed by atoms with Crippen LogP contribution in [0.2, 0.25) is 0 Å². The van der Waals surface area contributed by atoms with Crippen LogP contribution in [0.25, 0.3) is 0 Å². The van der Waals surface area contributed by atoms with Crippen LogP contribution >= 0.6 is 12.4 Å². The Balaban J connectivity index is 0.00000264. The predicted molar refractivity (Wildman–Crippen MR) is 89.7 cm³/mol. The van der Waals surface area contributed by atoms with Crippen molar-refractivity contribution in [2.75, 3.05) is 19.6 Å². The quantitative estimate of drug-likeness (QED) is 0.831. The molecule has 0 aliphatic carbocycles. The lowest BCUT2D eigenvalue weighted by molar-refractivity contribution is -0.122. The van der Waals surface area contributed by atoms with Crippen LogP contribution in [-0.4, -0.2) is 25.5 Å². The number of carbonyl (C=O) groups is 1. The molecule has 0 radical (unpaired) electrons. The molecule has 6 heteroatoms. The molecule has 1 aliphatic rings. The zero-order valence-corrected chi connectivity index (χ0v) is 14.2. The topological polar surface area (TPSA) is 41.1 Å². The van der Waals surface area contributed by atoms with E-state index in [4.69, 9.17) is 0 Å². The molecule has 1 aliphatic heterocycles. The smallest absolute Gasteiger partial charge is 0.220 e. The molecule has 0 bridgehead atoms. The minimum absolute atomic E-state index is 0. The molecule has 1 aromatic rings. The van der Waals surface area contributed by atoms with E-state index in [0.29, 0.717) is 36.8 Å². The molecule has 1 fully saturated rings. The van der Waals surface area contributed by atoms with Crippen LogP contribution in [0, 0.1) is 23.5 Å². The summed E-state index contributed by atoms with van der Waals surface area (Å²) in [6.45, 7) is 4.56. The van der Waals surface area contributed by atoms with Gasteiger partial charge in [-0.3, -0.25) is 4.79 Å². The highest BCUT2D eigenvalue weighted by atomic mass is 35.5. The van der Waals surface area contributed by atoms with Crippen LogP contribution < -0.4 is 10.6 Å². The molecule has 1 saturated heterocycles. The molecule has 0 spiro atoms. The fourth-order valence-corrected chi connectivity index (χ4v) is 3.00. The maximum Gasteiger partial charge on any atom is 0.220 e. The average Bonchev–Trinajstić information content (AvgIpc) is 2.47. The van der Waals surface area contributed by atoms with Gasteiger partial charge in [0, 0.05) is 19.0 Å². The third kappa shape index (κ3) is 6.83. The van der Waals surface area contributed by atoms with E-state index >= 15 is 0 Å². The number of rotatable bonds is 6. The molecule has 3 nitrogen and oxygen atoms in total. The molecule has 1 amide bonds. The minimum atomic E-state index is -0.584. The largest absolute Gasteiger partial charge is 0.356 e. The van der Waals surface area contributed by atoms with E-state index in [2.05, 4.69) is 17.6 Å². The van der Waals surface area contributed by atoms with Crippen LogP contribution in [0.15, 0.2) is 18.2 Å². The van der Waals surface area contributed by atoms with Gasteiger partial charge in [-0.2, -0.15) is 0 Å². The first-order valence-corrected chi connectivity index (χ1v) is 7.97. The van der Waals surface area contributed by atoms with Crippen molar-refractivity contribution in [3.8, 4) is 0 Å². The van der Waals surface area contributed by atoms with Crippen molar-refractivity contribution in [2.45, 2.75) is 32.6 Å². The standard InChI is InChI=1S/C17H24F2N2O.ClH/c1-12(14-3-2-5-20-11-14)7-17(22)21-6-4-13-8-15(18)10-16(19)9-13;/h8-10,12,14,20H,2-7,11H2,1H3,(H,21,22);1H. The molecule has 2 rings (SSSR count). The van der Waals surface area contributed by atoms with E-state index in [9.17, 15) is 13.6 Å². The number of amides is 1. The van der Waals surface area contributed by atoms with E-state index in [-0.39, 0.29) is 18.3 Å². The number of hydrogen-bond donors (Lipinski definition) is 2. The van der Waals surface area contributed by atoms with E-state index in [0.717, 1.165) is 19.2 Å².